The Morgan fingerprint density at radius 3 is 1.80 bits per heavy atom. The van der Waals surface area contributed by atoms with Gasteiger partial charge in [-0.3, -0.25) is 4.18 Å². The molecule has 0 rings (SSSR count). The quantitative estimate of drug-likeness (QED) is 0.401. The van der Waals surface area contributed by atoms with Crippen molar-refractivity contribution in [2.45, 2.75) is 58.2 Å². The first-order valence-electron chi connectivity index (χ1n) is 6.89. The van der Waals surface area contributed by atoms with Crippen LogP contribution in [0.25, 0.3) is 0 Å². The van der Waals surface area contributed by atoms with Gasteiger partial charge in [-0.05, 0) is 21.8 Å². The summed E-state index contributed by atoms with van der Waals surface area (Å²) in [7, 11) is -5.68. The van der Waals surface area contributed by atoms with E-state index in [-0.39, 0.29) is 6.61 Å². The summed E-state index contributed by atoms with van der Waals surface area (Å²) in [5, 5.41) is 0.699. The Labute approximate surface area is 124 Å². The van der Waals surface area contributed by atoms with Crippen LogP contribution in [0.2, 0.25) is 16.6 Å². The fourth-order valence-corrected chi connectivity index (χ4v) is 10.7. The molecule has 0 aromatic carbocycles. The van der Waals surface area contributed by atoms with Crippen molar-refractivity contribution in [2.75, 3.05) is 12.9 Å². The third-order valence-electron chi connectivity index (χ3n) is 4.03. The van der Waals surface area contributed by atoms with Crippen LogP contribution in [0, 0.1) is 0 Å². The van der Waals surface area contributed by atoms with E-state index in [2.05, 4.69) is 47.3 Å². The van der Waals surface area contributed by atoms with Gasteiger partial charge in [-0.2, -0.15) is 8.42 Å². The van der Waals surface area contributed by atoms with Crippen molar-refractivity contribution in [2.24, 2.45) is 0 Å². The molecule has 0 atom stereocenters. The second-order valence-electron chi connectivity index (χ2n) is 6.10. The molecule has 0 unspecified atom stereocenters. The van der Waals surface area contributed by atoms with Crippen LogP contribution in [0.1, 0.15) is 41.5 Å². The van der Waals surface area contributed by atoms with E-state index in [9.17, 15) is 12.8 Å². The summed E-state index contributed by atoms with van der Waals surface area (Å²) >= 11 is 0. The van der Waals surface area contributed by atoms with Gasteiger partial charge in [-0.15, -0.1) is 0 Å². The molecule has 0 amide bonds. The monoisotopic (exact) mass is 322 g/mol. The van der Waals surface area contributed by atoms with E-state index in [0.717, 1.165) is 6.26 Å². The standard InChI is InChI=1S/C14H27FO3SSi/c1-11(2)20(12(3)4,13(5)6)14(8-9-15)10-18-19(7,16)17/h9,11-13H,10H2,1-7H3. The third-order valence-corrected chi connectivity index (χ3v) is 11.6. The number of hydrogen-bond acceptors (Lipinski definition) is 3. The molecule has 0 spiro atoms. The molecule has 0 aliphatic rings. The van der Waals surface area contributed by atoms with Crippen molar-refractivity contribution >= 4 is 18.2 Å². The fourth-order valence-electron chi connectivity index (χ4n) is 3.57. The molecule has 6 heteroatoms. The molecular weight excluding hydrogens is 295 g/mol. The van der Waals surface area contributed by atoms with Crippen molar-refractivity contribution in [1.82, 2.24) is 0 Å². The van der Waals surface area contributed by atoms with E-state index in [1.54, 1.807) is 0 Å². The average Bonchev–Trinajstić information content (AvgIpc) is 2.23. The molecule has 0 aromatic rings. The Morgan fingerprint density at radius 1 is 1.15 bits per heavy atom. The summed E-state index contributed by atoms with van der Waals surface area (Å²) in [6.45, 7) is 12.6. The fraction of sp³-hybridized carbons (Fsp3) is 0.786. The minimum Gasteiger partial charge on any atom is -0.266 e. The van der Waals surface area contributed by atoms with Gasteiger partial charge in [0.2, 0.25) is 0 Å². The first-order chi connectivity index (χ1) is 9.00. The predicted octanol–water partition coefficient (Wildman–Crippen LogP) is 4.19. The molecule has 0 N–H and O–H groups in total. The molecule has 0 saturated heterocycles. The van der Waals surface area contributed by atoms with Gasteiger partial charge in [0.15, 0.2) is 0 Å². The topological polar surface area (TPSA) is 43.4 Å². The van der Waals surface area contributed by atoms with Crippen LogP contribution in [-0.2, 0) is 14.3 Å². The van der Waals surface area contributed by atoms with Crippen LogP contribution in [0.4, 0.5) is 4.39 Å². The Hall–Kier alpha value is -0.423. The van der Waals surface area contributed by atoms with Crippen molar-refractivity contribution < 1.29 is 17.0 Å². The maximum Gasteiger partial charge on any atom is 0.264 e. The van der Waals surface area contributed by atoms with Gasteiger partial charge in [-0.25, -0.2) is 4.39 Å². The normalized spacial score (nSPS) is 12.9. The highest BCUT2D eigenvalue weighted by atomic mass is 32.2. The molecule has 0 aliphatic carbocycles. The van der Waals surface area contributed by atoms with Crippen LogP contribution < -0.4 is 0 Å². The summed E-state index contributed by atoms with van der Waals surface area (Å²) in [5.74, 6) is 0. The van der Waals surface area contributed by atoms with E-state index >= 15 is 0 Å². The van der Waals surface area contributed by atoms with E-state index in [4.69, 9.17) is 4.18 Å². The van der Waals surface area contributed by atoms with Gasteiger partial charge in [0.1, 0.15) is 14.4 Å². The maximum absolute atomic E-state index is 12.7. The van der Waals surface area contributed by atoms with Crippen LogP contribution in [0.5, 0.6) is 0 Å². The Balaban J connectivity index is 5.88. The zero-order valence-electron chi connectivity index (χ0n) is 13.5. The van der Waals surface area contributed by atoms with Gasteiger partial charge in [0.05, 0.1) is 12.9 Å². The highest BCUT2D eigenvalue weighted by Gasteiger charge is 2.46. The first kappa shape index (κ1) is 19.6. The van der Waals surface area contributed by atoms with Crippen LogP contribution in [-0.4, -0.2) is 29.4 Å². The minimum atomic E-state index is -3.55. The van der Waals surface area contributed by atoms with E-state index in [1.807, 2.05) is 0 Å². The van der Waals surface area contributed by atoms with E-state index in [0.29, 0.717) is 28.1 Å². The second kappa shape index (κ2) is 7.55. The van der Waals surface area contributed by atoms with Crippen molar-refractivity contribution in [3.8, 4) is 0 Å². The van der Waals surface area contributed by atoms with Crippen LogP contribution >= 0.6 is 0 Å². The lowest BCUT2D eigenvalue weighted by atomic mass is 10.5. The summed E-state index contributed by atoms with van der Waals surface area (Å²) < 4.78 is 40.1. The first-order valence-corrected chi connectivity index (χ1v) is 10.9. The lowest BCUT2D eigenvalue weighted by Gasteiger charge is -2.44. The van der Waals surface area contributed by atoms with Gasteiger partial charge in [-0.1, -0.05) is 47.3 Å². The highest BCUT2D eigenvalue weighted by molar-refractivity contribution is 7.86. The number of halogens is 1. The maximum atomic E-state index is 12.7. The molecule has 0 heterocycles. The van der Waals surface area contributed by atoms with Crippen molar-refractivity contribution in [3.05, 3.63) is 17.3 Å². The summed E-state index contributed by atoms with van der Waals surface area (Å²) in [5.41, 5.74) is 3.66. The summed E-state index contributed by atoms with van der Waals surface area (Å²) in [4.78, 5) is 0. The van der Waals surface area contributed by atoms with Crippen molar-refractivity contribution in [3.63, 3.8) is 0 Å². The molecule has 0 bridgehead atoms. The molecule has 118 valence electrons. The zero-order chi connectivity index (χ0) is 16.1. The number of hydrogen-bond donors (Lipinski definition) is 0. The largest absolute Gasteiger partial charge is 0.266 e. The molecule has 3 nitrogen and oxygen atoms in total. The smallest absolute Gasteiger partial charge is 0.264 e. The summed E-state index contributed by atoms with van der Waals surface area (Å²) in [6.07, 6.45) is 1.38. The third kappa shape index (κ3) is 4.55. The SMILES string of the molecule is CC(C)[Si](C(=C=CF)COS(C)(=O)=O)(C(C)C)C(C)C. The van der Waals surface area contributed by atoms with Gasteiger partial charge < -0.3 is 0 Å². The predicted molar refractivity (Wildman–Crippen MR) is 84.5 cm³/mol. The number of rotatable bonds is 7. The van der Waals surface area contributed by atoms with Gasteiger partial charge >= 0.3 is 0 Å². The lowest BCUT2D eigenvalue weighted by Crippen LogP contribution is -2.48. The molecule has 0 aromatic heterocycles. The van der Waals surface area contributed by atoms with Crippen LogP contribution in [0.3, 0.4) is 0 Å². The van der Waals surface area contributed by atoms with E-state index < -0.39 is 18.2 Å². The molecule has 0 fully saturated rings. The van der Waals surface area contributed by atoms with Gasteiger partial charge in [0, 0.05) is 0 Å². The lowest BCUT2D eigenvalue weighted by molar-refractivity contribution is 0.356. The highest BCUT2D eigenvalue weighted by Crippen LogP contribution is 2.46. The Bertz CT molecular complexity index is 453. The zero-order valence-corrected chi connectivity index (χ0v) is 15.3. The summed E-state index contributed by atoms with van der Waals surface area (Å²) in [6, 6.07) is 0. The van der Waals surface area contributed by atoms with Crippen molar-refractivity contribution in [1.29, 1.82) is 0 Å². The molecule has 20 heavy (non-hydrogen) atoms. The van der Waals surface area contributed by atoms with Gasteiger partial charge in [0.25, 0.3) is 10.1 Å². The molecule has 0 aliphatic heterocycles. The Morgan fingerprint density at radius 2 is 1.55 bits per heavy atom. The second-order valence-corrected chi connectivity index (χ2v) is 13.7. The molecule has 0 saturated carbocycles. The average molecular weight is 323 g/mol. The molecular formula is C14H27FO3SSi. The van der Waals surface area contributed by atoms with E-state index in [1.165, 1.54) is 0 Å². The molecule has 0 radical (unpaired) electrons. The van der Waals surface area contributed by atoms with Crippen LogP contribution in [0.15, 0.2) is 17.3 Å². The Kier molecular flexibility index (Phi) is 7.39. The minimum absolute atomic E-state index is 0.0972.